The van der Waals surface area contributed by atoms with Gasteiger partial charge in [0.05, 0.1) is 27.0 Å². The number of halogens is 2. The lowest BCUT2D eigenvalue weighted by Gasteiger charge is -2.10. The van der Waals surface area contributed by atoms with Crippen LogP contribution in [0.15, 0.2) is 36.4 Å². The Morgan fingerprint density at radius 2 is 1.89 bits per heavy atom. The van der Waals surface area contributed by atoms with Gasteiger partial charge in [-0.3, -0.25) is 0 Å². The third-order valence-electron chi connectivity index (χ3n) is 2.43. The van der Waals surface area contributed by atoms with Crippen LogP contribution in [0.5, 0.6) is 0 Å². The molecule has 0 saturated carbocycles. The fraction of sp³-hybridized carbons (Fsp3) is 0. The highest BCUT2D eigenvalue weighted by atomic mass is 35.5. The molecule has 2 aromatic carbocycles. The number of nitriles is 1. The molecule has 0 aliphatic rings. The van der Waals surface area contributed by atoms with Crippen LogP contribution in [0.4, 0.5) is 17.1 Å². The first-order chi connectivity index (χ1) is 8.61. The van der Waals surface area contributed by atoms with Crippen LogP contribution in [0, 0.1) is 11.3 Å². The molecule has 0 bridgehead atoms. The van der Waals surface area contributed by atoms with Gasteiger partial charge < -0.3 is 11.1 Å². The molecule has 0 radical (unpaired) electrons. The van der Waals surface area contributed by atoms with Crippen molar-refractivity contribution in [1.82, 2.24) is 0 Å². The molecule has 0 atom stereocenters. The van der Waals surface area contributed by atoms with E-state index in [1.165, 1.54) is 0 Å². The molecule has 0 saturated heterocycles. The summed E-state index contributed by atoms with van der Waals surface area (Å²) in [5.74, 6) is 0. The second-order valence-electron chi connectivity index (χ2n) is 3.63. The first-order valence-electron chi connectivity index (χ1n) is 5.12. The van der Waals surface area contributed by atoms with Crippen molar-refractivity contribution in [3.8, 4) is 6.07 Å². The second-order valence-corrected chi connectivity index (χ2v) is 4.45. The van der Waals surface area contributed by atoms with E-state index in [9.17, 15) is 0 Å². The van der Waals surface area contributed by atoms with Gasteiger partial charge >= 0.3 is 0 Å². The van der Waals surface area contributed by atoms with Crippen LogP contribution >= 0.6 is 23.2 Å². The van der Waals surface area contributed by atoms with E-state index in [4.69, 9.17) is 34.2 Å². The van der Waals surface area contributed by atoms with Crippen molar-refractivity contribution >= 4 is 40.3 Å². The van der Waals surface area contributed by atoms with Crippen molar-refractivity contribution in [2.24, 2.45) is 0 Å². The molecule has 18 heavy (non-hydrogen) atoms. The number of para-hydroxylation sites is 1. The van der Waals surface area contributed by atoms with Crippen molar-refractivity contribution in [2.45, 2.75) is 0 Å². The van der Waals surface area contributed by atoms with E-state index in [0.717, 1.165) is 5.69 Å². The van der Waals surface area contributed by atoms with Crippen molar-refractivity contribution in [3.05, 3.63) is 52.0 Å². The Kier molecular flexibility index (Phi) is 3.61. The zero-order valence-corrected chi connectivity index (χ0v) is 10.8. The maximum Gasteiger partial charge on any atom is 0.101 e. The van der Waals surface area contributed by atoms with Crippen molar-refractivity contribution < 1.29 is 0 Å². The fourth-order valence-electron chi connectivity index (χ4n) is 1.50. The molecule has 2 rings (SSSR count). The summed E-state index contributed by atoms with van der Waals surface area (Å²) in [7, 11) is 0. The summed E-state index contributed by atoms with van der Waals surface area (Å²) in [5, 5.41) is 12.9. The standard InChI is InChI=1S/C13H9Cl2N3/c14-10-5-4-9(6-11(10)15)18-12-3-1-2-8(7-16)13(12)17/h1-6,18H,17H2. The van der Waals surface area contributed by atoms with Crippen LogP contribution in [-0.4, -0.2) is 0 Å². The molecule has 0 fully saturated rings. The third-order valence-corrected chi connectivity index (χ3v) is 3.16. The Morgan fingerprint density at radius 3 is 2.56 bits per heavy atom. The van der Waals surface area contributed by atoms with Gasteiger partial charge in [0, 0.05) is 5.69 Å². The Bertz CT molecular complexity index is 633. The van der Waals surface area contributed by atoms with E-state index >= 15 is 0 Å². The highest BCUT2D eigenvalue weighted by molar-refractivity contribution is 6.42. The average Bonchev–Trinajstić information content (AvgIpc) is 2.36. The smallest absolute Gasteiger partial charge is 0.101 e. The van der Waals surface area contributed by atoms with Crippen molar-refractivity contribution in [2.75, 3.05) is 11.1 Å². The number of hydrogen-bond donors (Lipinski definition) is 2. The molecule has 0 spiro atoms. The lowest BCUT2D eigenvalue weighted by molar-refractivity contribution is 1.47. The van der Waals surface area contributed by atoms with E-state index in [2.05, 4.69) is 5.32 Å². The van der Waals surface area contributed by atoms with Gasteiger partial charge in [-0.05, 0) is 30.3 Å². The minimum absolute atomic E-state index is 0.408. The molecule has 0 heterocycles. The van der Waals surface area contributed by atoms with Crippen LogP contribution in [0.25, 0.3) is 0 Å². The lowest BCUT2D eigenvalue weighted by Crippen LogP contribution is -1.98. The van der Waals surface area contributed by atoms with E-state index in [0.29, 0.717) is 27.0 Å². The number of hydrogen-bond acceptors (Lipinski definition) is 3. The summed E-state index contributed by atoms with van der Waals surface area (Å²) in [4.78, 5) is 0. The Balaban J connectivity index is 2.35. The number of nitrogens with one attached hydrogen (secondary N) is 1. The number of rotatable bonds is 2. The summed E-state index contributed by atoms with van der Waals surface area (Å²) in [5.41, 5.74) is 8.12. The highest BCUT2D eigenvalue weighted by Crippen LogP contribution is 2.29. The highest BCUT2D eigenvalue weighted by Gasteiger charge is 2.05. The summed E-state index contributed by atoms with van der Waals surface area (Å²) in [6.45, 7) is 0. The first-order valence-corrected chi connectivity index (χ1v) is 5.88. The van der Waals surface area contributed by atoms with Gasteiger partial charge in [-0.2, -0.15) is 5.26 Å². The number of benzene rings is 2. The zero-order valence-electron chi connectivity index (χ0n) is 9.24. The molecule has 0 aliphatic heterocycles. The van der Waals surface area contributed by atoms with Crippen LogP contribution in [0.3, 0.4) is 0 Å². The molecule has 0 aliphatic carbocycles. The maximum absolute atomic E-state index is 8.89. The monoisotopic (exact) mass is 277 g/mol. The third kappa shape index (κ3) is 2.51. The van der Waals surface area contributed by atoms with Crippen molar-refractivity contribution in [3.63, 3.8) is 0 Å². The molecule has 5 heteroatoms. The molecule has 90 valence electrons. The fourth-order valence-corrected chi connectivity index (χ4v) is 1.80. The zero-order chi connectivity index (χ0) is 13.1. The Morgan fingerprint density at radius 1 is 1.11 bits per heavy atom. The molecular formula is C13H9Cl2N3. The SMILES string of the molecule is N#Cc1cccc(Nc2ccc(Cl)c(Cl)c2)c1N. The molecule has 0 amide bonds. The molecule has 3 nitrogen and oxygen atoms in total. The quantitative estimate of drug-likeness (QED) is 0.809. The number of nitrogens with two attached hydrogens (primary N) is 1. The van der Waals surface area contributed by atoms with Gasteiger partial charge in [-0.1, -0.05) is 29.3 Å². The van der Waals surface area contributed by atoms with Gasteiger partial charge in [0.25, 0.3) is 0 Å². The van der Waals surface area contributed by atoms with E-state index in [1.807, 2.05) is 6.07 Å². The van der Waals surface area contributed by atoms with Crippen LogP contribution in [-0.2, 0) is 0 Å². The van der Waals surface area contributed by atoms with Crippen LogP contribution < -0.4 is 11.1 Å². The van der Waals surface area contributed by atoms with E-state index < -0.39 is 0 Å². The van der Waals surface area contributed by atoms with Crippen LogP contribution in [0.2, 0.25) is 10.0 Å². The van der Waals surface area contributed by atoms with Crippen LogP contribution in [0.1, 0.15) is 5.56 Å². The minimum atomic E-state index is 0.408. The topological polar surface area (TPSA) is 61.8 Å². The summed E-state index contributed by atoms with van der Waals surface area (Å²) in [6, 6.07) is 12.4. The predicted molar refractivity (Wildman–Crippen MR) is 75.3 cm³/mol. The number of anilines is 3. The summed E-state index contributed by atoms with van der Waals surface area (Å²) >= 11 is 11.8. The summed E-state index contributed by atoms with van der Waals surface area (Å²) < 4.78 is 0. The predicted octanol–water partition coefficient (Wildman–Crippen LogP) is 4.19. The number of nitrogen functional groups attached to an aromatic ring is 1. The normalized spacial score (nSPS) is 9.83. The molecule has 2 aromatic rings. The summed E-state index contributed by atoms with van der Waals surface area (Å²) in [6.07, 6.45) is 0. The maximum atomic E-state index is 8.89. The second kappa shape index (κ2) is 5.18. The molecule has 0 aromatic heterocycles. The molecule has 3 N–H and O–H groups in total. The van der Waals surface area contributed by atoms with Gasteiger partial charge in [0.1, 0.15) is 6.07 Å². The minimum Gasteiger partial charge on any atom is -0.396 e. The van der Waals surface area contributed by atoms with E-state index in [-0.39, 0.29) is 0 Å². The number of nitrogens with zero attached hydrogens (tertiary/aromatic N) is 1. The molecule has 0 unspecified atom stereocenters. The largest absolute Gasteiger partial charge is 0.396 e. The average molecular weight is 278 g/mol. The molecular weight excluding hydrogens is 269 g/mol. The van der Waals surface area contributed by atoms with Gasteiger partial charge in [0.2, 0.25) is 0 Å². The van der Waals surface area contributed by atoms with Crippen molar-refractivity contribution in [1.29, 1.82) is 5.26 Å². The Labute approximate surface area is 115 Å². The van der Waals surface area contributed by atoms with Gasteiger partial charge in [-0.15, -0.1) is 0 Å². The van der Waals surface area contributed by atoms with E-state index in [1.54, 1.807) is 36.4 Å². The lowest BCUT2D eigenvalue weighted by atomic mass is 10.1. The van der Waals surface area contributed by atoms with Gasteiger partial charge in [-0.25, -0.2) is 0 Å². The van der Waals surface area contributed by atoms with Gasteiger partial charge in [0.15, 0.2) is 0 Å². The first kappa shape index (κ1) is 12.6. The Hall–Kier alpha value is -1.89.